The van der Waals surface area contributed by atoms with E-state index in [2.05, 4.69) is 55.5 Å². The van der Waals surface area contributed by atoms with Gasteiger partial charge in [-0.05, 0) is 59.4 Å². The van der Waals surface area contributed by atoms with Crippen molar-refractivity contribution < 1.29 is 0 Å². The third-order valence-electron chi connectivity index (χ3n) is 3.83. The lowest BCUT2D eigenvalue weighted by atomic mass is 9.96. The molecule has 0 saturated heterocycles. The fraction of sp³-hybridized carbons (Fsp3) is 0.158. The van der Waals surface area contributed by atoms with E-state index in [0.29, 0.717) is 0 Å². The maximum Gasteiger partial charge on any atom is 0.0406 e. The van der Waals surface area contributed by atoms with E-state index >= 15 is 0 Å². The van der Waals surface area contributed by atoms with Gasteiger partial charge in [-0.25, -0.2) is 0 Å². The van der Waals surface area contributed by atoms with E-state index in [0.717, 1.165) is 17.9 Å². The topological polar surface area (TPSA) is 0 Å². The molecule has 0 aliphatic rings. The summed E-state index contributed by atoms with van der Waals surface area (Å²) in [7, 11) is 0. The molecule has 0 radical (unpaired) electrons. The van der Waals surface area contributed by atoms with Crippen molar-refractivity contribution in [1.29, 1.82) is 0 Å². The van der Waals surface area contributed by atoms with Gasteiger partial charge in [-0.1, -0.05) is 60.1 Å². The molecule has 3 aromatic carbocycles. The maximum atomic E-state index is 5.92. The molecule has 0 fully saturated rings. The second-order valence-electron chi connectivity index (χ2n) is 5.21. The fourth-order valence-corrected chi connectivity index (χ4v) is 2.79. The van der Waals surface area contributed by atoms with Crippen LogP contribution in [-0.2, 0) is 12.8 Å². The highest BCUT2D eigenvalue weighted by Crippen LogP contribution is 2.23. The Morgan fingerprint density at radius 3 is 2.20 bits per heavy atom. The Labute approximate surface area is 125 Å². The van der Waals surface area contributed by atoms with Crippen LogP contribution < -0.4 is 0 Å². The van der Waals surface area contributed by atoms with Crippen LogP contribution in [0.5, 0.6) is 0 Å². The van der Waals surface area contributed by atoms with Crippen molar-refractivity contribution in [2.45, 2.75) is 19.8 Å². The van der Waals surface area contributed by atoms with Gasteiger partial charge in [0.15, 0.2) is 0 Å². The molecule has 0 aliphatic heterocycles. The van der Waals surface area contributed by atoms with E-state index < -0.39 is 0 Å². The minimum Gasteiger partial charge on any atom is -0.0843 e. The van der Waals surface area contributed by atoms with Crippen molar-refractivity contribution in [2.24, 2.45) is 0 Å². The van der Waals surface area contributed by atoms with Crippen LogP contribution in [-0.4, -0.2) is 0 Å². The molecule has 0 atom stereocenters. The summed E-state index contributed by atoms with van der Waals surface area (Å²) in [5.41, 5.74) is 4.09. The number of hydrogen-bond donors (Lipinski definition) is 0. The lowest BCUT2D eigenvalue weighted by Crippen LogP contribution is -1.93. The molecule has 3 rings (SSSR count). The first-order valence-corrected chi connectivity index (χ1v) is 7.33. The quantitative estimate of drug-likeness (QED) is 0.587. The minimum atomic E-state index is 0.800. The molecule has 3 aromatic rings. The Balaban J connectivity index is 1.88. The summed E-state index contributed by atoms with van der Waals surface area (Å²) in [5, 5.41) is 3.54. The first-order chi connectivity index (χ1) is 9.74. The van der Waals surface area contributed by atoms with Crippen LogP contribution in [0, 0.1) is 6.92 Å². The van der Waals surface area contributed by atoms with Crippen LogP contribution in [0.3, 0.4) is 0 Å². The molecule has 100 valence electrons. The van der Waals surface area contributed by atoms with Gasteiger partial charge in [-0.2, -0.15) is 0 Å². The Morgan fingerprint density at radius 2 is 1.45 bits per heavy atom. The second kappa shape index (κ2) is 5.68. The van der Waals surface area contributed by atoms with Gasteiger partial charge in [-0.15, -0.1) is 0 Å². The average Bonchev–Trinajstić information content (AvgIpc) is 2.49. The van der Waals surface area contributed by atoms with Crippen LogP contribution in [0.2, 0.25) is 5.02 Å². The molecule has 0 amide bonds. The Hall–Kier alpha value is -1.79. The highest BCUT2D eigenvalue weighted by Gasteiger charge is 2.03. The molecule has 0 saturated carbocycles. The molecule has 0 N–H and O–H groups in total. The molecule has 0 unspecified atom stereocenters. The second-order valence-corrected chi connectivity index (χ2v) is 5.65. The van der Waals surface area contributed by atoms with E-state index in [9.17, 15) is 0 Å². The van der Waals surface area contributed by atoms with Crippen molar-refractivity contribution in [3.8, 4) is 0 Å². The van der Waals surface area contributed by atoms with Crippen LogP contribution >= 0.6 is 11.6 Å². The Morgan fingerprint density at radius 1 is 0.750 bits per heavy atom. The van der Waals surface area contributed by atoms with Crippen molar-refractivity contribution in [3.05, 3.63) is 82.4 Å². The molecule has 0 spiro atoms. The lowest BCUT2D eigenvalue weighted by molar-refractivity contribution is 0.969. The van der Waals surface area contributed by atoms with Crippen LogP contribution in [0.15, 0.2) is 60.7 Å². The van der Waals surface area contributed by atoms with Gasteiger partial charge in [-0.3, -0.25) is 0 Å². The first kappa shape index (κ1) is 13.2. The van der Waals surface area contributed by atoms with Gasteiger partial charge >= 0.3 is 0 Å². The predicted molar refractivity (Wildman–Crippen MR) is 87.5 cm³/mol. The standard InChI is InChI=1S/C19H17Cl/c1-14-6-10-16(19-5-3-2-4-18(14)19)11-7-15-8-12-17(20)13-9-15/h2-6,8-10,12-13H,7,11H2,1H3. The van der Waals surface area contributed by atoms with Crippen molar-refractivity contribution >= 4 is 22.4 Å². The minimum absolute atomic E-state index is 0.800. The van der Waals surface area contributed by atoms with Gasteiger partial charge in [0.2, 0.25) is 0 Å². The van der Waals surface area contributed by atoms with Gasteiger partial charge in [0.1, 0.15) is 0 Å². The number of aryl methyl sites for hydroxylation is 3. The average molecular weight is 281 g/mol. The summed E-state index contributed by atoms with van der Waals surface area (Å²) in [4.78, 5) is 0. The SMILES string of the molecule is Cc1ccc(CCc2ccc(Cl)cc2)c2ccccc12. The number of halogens is 1. The van der Waals surface area contributed by atoms with Crippen molar-refractivity contribution in [2.75, 3.05) is 0 Å². The van der Waals surface area contributed by atoms with E-state index in [4.69, 9.17) is 11.6 Å². The summed E-state index contributed by atoms with van der Waals surface area (Å²) in [6, 6.07) is 21.3. The summed E-state index contributed by atoms with van der Waals surface area (Å²) in [6.45, 7) is 2.17. The lowest BCUT2D eigenvalue weighted by Gasteiger charge is -2.09. The zero-order valence-electron chi connectivity index (χ0n) is 11.6. The van der Waals surface area contributed by atoms with Crippen molar-refractivity contribution in [3.63, 3.8) is 0 Å². The van der Waals surface area contributed by atoms with E-state index in [-0.39, 0.29) is 0 Å². The highest BCUT2D eigenvalue weighted by atomic mass is 35.5. The van der Waals surface area contributed by atoms with Crippen LogP contribution in [0.25, 0.3) is 10.8 Å². The summed E-state index contributed by atoms with van der Waals surface area (Å²) in [6.07, 6.45) is 2.10. The predicted octanol–water partition coefficient (Wildman–Crippen LogP) is 5.59. The largest absolute Gasteiger partial charge is 0.0843 e. The number of hydrogen-bond acceptors (Lipinski definition) is 0. The normalized spacial score (nSPS) is 10.9. The Bertz CT molecular complexity index is 726. The van der Waals surface area contributed by atoms with Gasteiger partial charge < -0.3 is 0 Å². The van der Waals surface area contributed by atoms with E-state index in [1.165, 1.54) is 27.5 Å². The number of fused-ring (bicyclic) bond motifs is 1. The summed E-state index contributed by atoms with van der Waals surface area (Å²) >= 11 is 5.92. The fourth-order valence-electron chi connectivity index (χ4n) is 2.66. The molecule has 0 aliphatic carbocycles. The molecule has 0 heterocycles. The van der Waals surface area contributed by atoms with Crippen LogP contribution in [0.4, 0.5) is 0 Å². The van der Waals surface area contributed by atoms with Crippen molar-refractivity contribution in [1.82, 2.24) is 0 Å². The molecule has 0 nitrogen and oxygen atoms in total. The third-order valence-corrected chi connectivity index (χ3v) is 4.08. The maximum absolute atomic E-state index is 5.92. The molecule has 1 heteroatoms. The molecule has 0 bridgehead atoms. The zero-order chi connectivity index (χ0) is 13.9. The summed E-state index contributed by atoms with van der Waals surface area (Å²) < 4.78 is 0. The van der Waals surface area contributed by atoms with Crippen LogP contribution in [0.1, 0.15) is 16.7 Å². The van der Waals surface area contributed by atoms with E-state index in [1.807, 2.05) is 12.1 Å². The number of rotatable bonds is 3. The monoisotopic (exact) mass is 280 g/mol. The molecular formula is C19H17Cl. The number of benzene rings is 3. The van der Waals surface area contributed by atoms with E-state index in [1.54, 1.807) is 0 Å². The first-order valence-electron chi connectivity index (χ1n) is 6.96. The smallest absolute Gasteiger partial charge is 0.0406 e. The zero-order valence-corrected chi connectivity index (χ0v) is 12.3. The molecule has 0 aromatic heterocycles. The third kappa shape index (κ3) is 2.71. The molecular weight excluding hydrogens is 264 g/mol. The van der Waals surface area contributed by atoms with Gasteiger partial charge in [0.05, 0.1) is 0 Å². The van der Waals surface area contributed by atoms with Gasteiger partial charge in [0, 0.05) is 5.02 Å². The highest BCUT2D eigenvalue weighted by molar-refractivity contribution is 6.30. The Kier molecular flexibility index (Phi) is 3.75. The molecule has 20 heavy (non-hydrogen) atoms. The summed E-state index contributed by atoms with van der Waals surface area (Å²) in [5.74, 6) is 0. The van der Waals surface area contributed by atoms with Gasteiger partial charge in [0.25, 0.3) is 0 Å².